The summed E-state index contributed by atoms with van der Waals surface area (Å²) in [5.74, 6) is 1.02. The van der Waals surface area contributed by atoms with E-state index in [1.165, 1.54) is 14.2 Å². The van der Waals surface area contributed by atoms with E-state index in [0.29, 0.717) is 24.5 Å². The Morgan fingerprint density at radius 2 is 1.20 bits per heavy atom. The highest BCUT2D eigenvalue weighted by molar-refractivity contribution is 5.87. The number of carbonyl (C=O) groups is 4. The molecule has 14 heteroatoms. The summed E-state index contributed by atoms with van der Waals surface area (Å²) >= 11 is 0. The quantitative estimate of drug-likeness (QED) is 0.137. The molecule has 2 unspecified atom stereocenters. The maximum atomic E-state index is 13.8. The first-order valence-electron chi connectivity index (χ1n) is 17.9. The van der Waals surface area contributed by atoms with Crippen molar-refractivity contribution in [2.45, 2.75) is 43.8 Å². The predicted molar refractivity (Wildman–Crippen MR) is 200 cm³/mol. The second-order valence-electron chi connectivity index (χ2n) is 13.3. The topological polar surface area (TPSA) is 175 Å². The van der Waals surface area contributed by atoms with Gasteiger partial charge >= 0.3 is 12.2 Å². The van der Waals surface area contributed by atoms with E-state index in [2.05, 4.69) is 59.6 Å². The number of amides is 4. The number of H-pyrrole nitrogens is 2. The molecular formula is C40H42N8O6. The Labute approximate surface area is 312 Å². The first-order valence-corrected chi connectivity index (χ1v) is 17.9. The molecule has 2 saturated heterocycles. The number of imidazole rings is 2. The highest BCUT2D eigenvalue weighted by Crippen LogP contribution is 2.35. The molecule has 4 N–H and O–H groups in total. The maximum Gasteiger partial charge on any atom is 0.407 e. The van der Waals surface area contributed by atoms with E-state index in [0.717, 1.165) is 65.1 Å². The van der Waals surface area contributed by atoms with Crippen molar-refractivity contribution in [2.24, 2.45) is 0 Å². The lowest BCUT2D eigenvalue weighted by atomic mass is 10.0. The second-order valence-corrected chi connectivity index (χ2v) is 13.3. The molecule has 0 saturated carbocycles. The van der Waals surface area contributed by atoms with Crippen molar-refractivity contribution in [1.82, 2.24) is 40.4 Å². The fourth-order valence-corrected chi connectivity index (χ4v) is 7.25. The predicted octanol–water partition coefficient (Wildman–Crippen LogP) is 5.91. The summed E-state index contributed by atoms with van der Waals surface area (Å²) < 4.78 is 9.39. The Morgan fingerprint density at radius 3 is 1.74 bits per heavy atom. The van der Waals surface area contributed by atoms with E-state index in [1.807, 2.05) is 54.6 Å². The number of aromatic amines is 2. The van der Waals surface area contributed by atoms with Gasteiger partial charge in [0.2, 0.25) is 5.91 Å². The molecule has 4 heterocycles. The zero-order valence-corrected chi connectivity index (χ0v) is 30.1. The summed E-state index contributed by atoms with van der Waals surface area (Å²) in [6.07, 6.45) is 5.48. The number of hydrogen-bond donors (Lipinski definition) is 4. The number of nitrogens with one attached hydrogen (secondary N) is 4. The van der Waals surface area contributed by atoms with Gasteiger partial charge in [0.05, 0.1) is 50.1 Å². The van der Waals surface area contributed by atoms with Crippen molar-refractivity contribution in [3.8, 4) is 33.6 Å². The van der Waals surface area contributed by atoms with Crippen LogP contribution < -0.4 is 10.6 Å². The summed E-state index contributed by atoms with van der Waals surface area (Å²) in [6, 6.07) is 24.3. The molecule has 2 aromatic heterocycles. The Hall–Kier alpha value is -6.44. The van der Waals surface area contributed by atoms with Gasteiger partial charge in [-0.05, 0) is 53.5 Å². The molecule has 0 aliphatic carbocycles. The van der Waals surface area contributed by atoms with Gasteiger partial charge in [-0.15, -0.1) is 0 Å². The summed E-state index contributed by atoms with van der Waals surface area (Å²) in [4.78, 5) is 69.9. The van der Waals surface area contributed by atoms with Crippen LogP contribution in [-0.2, 0) is 19.1 Å². The van der Waals surface area contributed by atoms with Crippen molar-refractivity contribution >= 4 is 24.0 Å². The third-order valence-corrected chi connectivity index (χ3v) is 10.1. The zero-order valence-electron chi connectivity index (χ0n) is 30.1. The monoisotopic (exact) mass is 730 g/mol. The molecular weight excluding hydrogens is 688 g/mol. The third-order valence-electron chi connectivity index (χ3n) is 10.1. The first-order chi connectivity index (χ1) is 26.3. The second kappa shape index (κ2) is 16.1. The third kappa shape index (κ3) is 7.68. The molecule has 54 heavy (non-hydrogen) atoms. The molecule has 2 aliphatic heterocycles. The lowest BCUT2D eigenvalue weighted by molar-refractivity contribution is -0.134. The number of aromatic nitrogens is 4. The van der Waals surface area contributed by atoms with Gasteiger partial charge in [-0.3, -0.25) is 9.59 Å². The van der Waals surface area contributed by atoms with Crippen molar-refractivity contribution in [1.29, 1.82) is 0 Å². The lowest BCUT2D eigenvalue weighted by Crippen LogP contribution is -2.42. The number of benzene rings is 3. The molecule has 0 bridgehead atoms. The van der Waals surface area contributed by atoms with E-state index >= 15 is 0 Å². The molecule has 2 aliphatic rings. The van der Waals surface area contributed by atoms with Gasteiger partial charge in [0.15, 0.2) is 0 Å². The number of nitrogens with zero attached hydrogens (tertiary/aromatic N) is 4. The SMILES string of the molecule is COC(=O)NCC(=O)N1CCCC1c1ncc(-c2ccc(-c3ccc(-c4cnc(C5CCCN5C(=O)[C@H](NC(=O)OC)c5ccccc5)[nH]4)cc3)cc2)[nH]1. The summed E-state index contributed by atoms with van der Waals surface area (Å²) in [5, 5.41) is 5.16. The highest BCUT2D eigenvalue weighted by atomic mass is 16.5. The minimum atomic E-state index is -0.878. The molecule has 4 amide bonds. The summed E-state index contributed by atoms with van der Waals surface area (Å²) in [6.45, 7) is 1.03. The number of alkyl carbamates (subject to hydrolysis) is 2. The molecule has 278 valence electrons. The minimum absolute atomic E-state index is 0.127. The van der Waals surface area contributed by atoms with Crippen molar-refractivity contribution in [2.75, 3.05) is 33.9 Å². The van der Waals surface area contributed by atoms with Gasteiger partial charge in [-0.1, -0.05) is 78.9 Å². The fourth-order valence-electron chi connectivity index (χ4n) is 7.25. The van der Waals surface area contributed by atoms with Crippen LogP contribution in [0.15, 0.2) is 91.3 Å². The van der Waals surface area contributed by atoms with Crippen LogP contribution in [-0.4, -0.2) is 87.6 Å². The van der Waals surface area contributed by atoms with Crippen LogP contribution in [0, 0.1) is 0 Å². The summed E-state index contributed by atoms with van der Waals surface area (Å²) in [7, 11) is 2.54. The highest BCUT2D eigenvalue weighted by Gasteiger charge is 2.37. The van der Waals surface area contributed by atoms with Crippen LogP contribution >= 0.6 is 0 Å². The van der Waals surface area contributed by atoms with Crippen LogP contribution in [0.3, 0.4) is 0 Å². The van der Waals surface area contributed by atoms with Gasteiger partial charge in [-0.25, -0.2) is 19.6 Å². The van der Waals surface area contributed by atoms with Gasteiger partial charge in [0, 0.05) is 13.1 Å². The minimum Gasteiger partial charge on any atom is -0.453 e. The average Bonchev–Trinajstić information content (AvgIpc) is 4.06. The van der Waals surface area contributed by atoms with E-state index in [1.54, 1.807) is 22.2 Å². The van der Waals surface area contributed by atoms with Gasteiger partial charge in [-0.2, -0.15) is 0 Å². The van der Waals surface area contributed by atoms with E-state index in [9.17, 15) is 19.2 Å². The van der Waals surface area contributed by atoms with Crippen LogP contribution in [0.5, 0.6) is 0 Å². The molecule has 14 nitrogen and oxygen atoms in total. The Kier molecular flexibility index (Phi) is 10.7. The number of rotatable bonds is 10. The standard InChI is InChI=1S/C40H42N8O6/c1-53-39(51)43-24-34(49)47-20-6-10-32(47)36-41-22-30(44-36)27-16-12-25(13-17-27)26-14-18-28(19-15-26)31-23-42-37(45-31)33-11-7-21-48(33)38(50)35(46-40(52)54-2)29-8-4-3-5-9-29/h3-5,8-9,12-19,22-23,32-33,35H,6-7,10-11,20-21,24H2,1-2H3,(H,41,44)(H,42,45)(H,43,51)(H,46,52)/t32?,33?,35-/m1/s1. The Balaban J connectivity index is 1.00. The van der Waals surface area contributed by atoms with Crippen LogP contribution in [0.2, 0.25) is 0 Å². The van der Waals surface area contributed by atoms with Gasteiger partial charge < -0.3 is 39.9 Å². The van der Waals surface area contributed by atoms with Gasteiger partial charge in [0.25, 0.3) is 5.91 Å². The fraction of sp³-hybridized carbons (Fsp3) is 0.300. The van der Waals surface area contributed by atoms with E-state index < -0.39 is 18.2 Å². The average molecular weight is 731 g/mol. The number of methoxy groups -OCH3 is 2. The molecule has 0 radical (unpaired) electrons. The maximum absolute atomic E-state index is 13.8. The van der Waals surface area contributed by atoms with Crippen LogP contribution in [0.25, 0.3) is 33.6 Å². The first kappa shape index (κ1) is 35.9. The molecule has 7 rings (SSSR count). The Morgan fingerprint density at radius 1 is 0.704 bits per heavy atom. The summed E-state index contributed by atoms with van der Waals surface area (Å²) in [5.41, 5.74) is 6.41. The largest absolute Gasteiger partial charge is 0.453 e. The van der Waals surface area contributed by atoms with Crippen LogP contribution in [0.4, 0.5) is 9.59 Å². The molecule has 0 spiro atoms. The van der Waals surface area contributed by atoms with Crippen molar-refractivity contribution in [3.63, 3.8) is 0 Å². The Bertz CT molecular complexity index is 2100. The number of hydrogen-bond acceptors (Lipinski definition) is 8. The van der Waals surface area contributed by atoms with Crippen molar-refractivity contribution in [3.05, 3.63) is 108 Å². The molecule has 2 fully saturated rings. The number of ether oxygens (including phenoxy) is 2. The normalized spacial score (nSPS) is 17.2. The number of carbonyl (C=O) groups excluding carboxylic acids is 4. The number of likely N-dealkylation sites (tertiary alicyclic amines) is 2. The lowest BCUT2D eigenvalue weighted by Gasteiger charge is -2.28. The molecule has 3 atom stereocenters. The molecule has 3 aromatic carbocycles. The van der Waals surface area contributed by atoms with Crippen molar-refractivity contribution < 1.29 is 28.7 Å². The van der Waals surface area contributed by atoms with E-state index in [-0.39, 0.29) is 30.4 Å². The zero-order chi connectivity index (χ0) is 37.6. The smallest absolute Gasteiger partial charge is 0.407 e. The molecule has 5 aromatic rings. The van der Waals surface area contributed by atoms with Crippen LogP contribution in [0.1, 0.15) is 61.0 Å². The van der Waals surface area contributed by atoms with Gasteiger partial charge in [0.1, 0.15) is 24.2 Å². The van der Waals surface area contributed by atoms with E-state index in [4.69, 9.17) is 4.74 Å².